The van der Waals surface area contributed by atoms with Gasteiger partial charge in [0.2, 0.25) is 0 Å². The summed E-state index contributed by atoms with van der Waals surface area (Å²) in [5, 5.41) is 2.22. The fourth-order valence-corrected chi connectivity index (χ4v) is 4.06. The minimum atomic E-state index is -0.357. The number of pyridine rings is 1. The van der Waals surface area contributed by atoms with Crippen LogP contribution in [-0.4, -0.2) is 55.2 Å². The van der Waals surface area contributed by atoms with Crippen LogP contribution >= 0.6 is 0 Å². The first-order valence-electron chi connectivity index (χ1n) is 10.8. The van der Waals surface area contributed by atoms with Crippen molar-refractivity contribution in [2.24, 2.45) is 0 Å². The molecule has 1 fully saturated rings. The van der Waals surface area contributed by atoms with Crippen LogP contribution in [0.5, 0.6) is 0 Å². The topological polar surface area (TPSA) is 45.7 Å². The SMILES string of the molecule is CCN1CCN(c2nc(-c3ccc(CCOC(C)=O)c(F)c3)cc3ccccc23)CC1. The van der Waals surface area contributed by atoms with E-state index in [1.807, 2.05) is 24.3 Å². The molecular formula is C25H28FN3O2. The van der Waals surface area contributed by atoms with E-state index in [0.717, 1.165) is 60.6 Å². The van der Waals surface area contributed by atoms with E-state index in [0.29, 0.717) is 12.0 Å². The average molecular weight is 422 g/mol. The highest BCUT2D eigenvalue weighted by molar-refractivity contribution is 5.95. The van der Waals surface area contributed by atoms with Gasteiger partial charge in [0.15, 0.2) is 0 Å². The molecule has 2 aromatic carbocycles. The van der Waals surface area contributed by atoms with Gasteiger partial charge in [-0.15, -0.1) is 0 Å². The zero-order valence-corrected chi connectivity index (χ0v) is 18.1. The maximum Gasteiger partial charge on any atom is 0.302 e. The number of esters is 1. The highest BCUT2D eigenvalue weighted by atomic mass is 19.1. The Morgan fingerprint density at radius 1 is 1.10 bits per heavy atom. The molecule has 1 aliphatic heterocycles. The average Bonchev–Trinajstić information content (AvgIpc) is 2.79. The molecule has 0 spiro atoms. The van der Waals surface area contributed by atoms with Crippen LogP contribution in [0.25, 0.3) is 22.0 Å². The molecule has 2 heterocycles. The number of hydrogen-bond acceptors (Lipinski definition) is 5. The molecule has 1 aromatic heterocycles. The predicted molar refractivity (Wildman–Crippen MR) is 122 cm³/mol. The fourth-order valence-electron chi connectivity index (χ4n) is 4.06. The summed E-state index contributed by atoms with van der Waals surface area (Å²) >= 11 is 0. The number of ether oxygens (including phenoxy) is 1. The molecule has 162 valence electrons. The molecule has 0 N–H and O–H groups in total. The summed E-state index contributed by atoms with van der Waals surface area (Å²) < 4.78 is 19.7. The quantitative estimate of drug-likeness (QED) is 0.556. The summed E-state index contributed by atoms with van der Waals surface area (Å²) in [5.74, 6) is 0.297. The highest BCUT2D eigenvalue weighted by Crippen LogP contribution is 2.31. The molecule has 0 amide bonds. The Kier molecular flexibility index (Phi) is 6.47. The summed E-state index contributed by atoms with van der Waals surface area (Å²) in [4.78, 5) is 20.7. The van der Waals surface area contributed by atoms with E-state index in [-0.39, 0.29) is 18.4 Å². The van der Waals surface area contributed by atoms with Gasteiger partial charge in [-0.2, -0.15) is 0 Å². The van der Waals surface area contributed by atoms with E-state index in [1.165, 1.54) is 13.0 Å². The highest BCUT2D eigenvalue weighted by Gasteiger charge is 2.20. The third-order valence-corrected chi connectivity index (χ3v) is 5.86. The van der Waals surface area contributed by atoms with Crippen molar-refractivity contribution < 1.29 is 13.9 Å². The molecule has 0 aliphatic carbocycles. The first-order chi connectivity index (χ1) is 15.0. The first-order valence-corrected chi connectivity index (χ1v) is 10.8. The Hall–Kier alpha value is -2.99. The van der Waals surface area contributed by atoms with Crippen LogP contribution in [0.1, 0.15) is 19.4 Å². The predicted octanol–water partition coefficient (Wildman–Crippen LogP) is 4.29. The zero-order chi connectivity index (χ0) is 21.8. The summed E-state index contributed by atoms with van der Waals surface area (Å²) in [6.45, 7) is 8.66. The third kappa shape index (κ3) is 4.85. The van der Waals surface area contributed by atoms with E-state index >= 15 is 0 Å². The van der Waals surface area contributed by atoms with Gasteiger partial charge >= 0.3 is 5.97 Å². The first kappa shape index (κ1) is 21.2. The minimum absolute atomic E-state index is 0.174. The van der Waals surface area contributed by atoms with Gasteiger partial charge in [0, 0.05) is 50.5 Å². The van der Waals surface area contributed by atoms with Gasteiger partial charge in [-0.25, -0.2) is 9.37 Å². The van der Waals surface area contributed by atoms with E-state index < -0.39 is 0 Å². The molecule has 1 saturated heterocycles. The molecule has 0 saturated carbocycles. The van der Waals surface area contributed by atoms with Gasteiger partial charge in [0.1, 0.15) is 11.6 Å². The van der Waals surface area contributed by atoms with E-state index in [1.54, 1.807) is 6.07 Å². The van der Waals surface area contributed by atoms with E-state index in [9.17, 15) is 9.18 Å². The zero-order valence-electron chi connectivity index (χ0n) is 18.1. The lowest BCUT2D eigenvalue weighted by atomic mass is 10.0. The number of benzene rings is 2. The monoisotopic (exact) mass is 421 g/mol. The second-order valence-corrected chi connectivity index (χ2v) is 7.87. The van der Waals surface area contributed by atoms with Crippen LogP contribution in [-0.2, 0) is 16.0 Å². The number of anilines is 1. The maximum atomic E-state index is 14.7. The smallest absolute Gasteiger partial charge is 0.302 e. The van der Waals surface area contributed by atoms with Gasteiger partial charge in [0.25, 0.3) is 0 Å². The number of rotatable bonds is 6. The van der Waals surface area contributed by atoms with Crippen LogP contribution < -0.4 is 4.90 Å². The number of piperazine rings is 1. The Morgan fingerprint density at radius 3 is 2.58 bits per heavy atom. The number of hydrogen-bond donors (Lipinski definition) is 0. The van der Waals surface area contributed by atoms with Gasteiger partial charge < -0.3 is 14.5 Å². The molecule has 1 aliphatic rings. The molecule has 6 heteroatoms. The van der Waals surface area contributed by atoms with Crippen LogP contribution in [0.15, 0.2) is 48.5 Å². The number of halogens is 1. The van der Waals surface area contributed by atoms with Gasteiger partial charge in [-0.1, -0.05) is 43.3 Å². The van der Waals surface area contributed by atoms with Crippen molar-refractivity contribution in [1.82, 2.24) is 9.88 Å². The molecule has 0 bridgehead atoms. The number of carbonyl (C=O) groups excluding carboxylic acids is 1. The van der Waals surface area contributed by atoms with Crippen molar-refractivity contribution in [3.05, 3.63) is 59.9 Å². The molecule has 0 unspecified atom stereocenters. The van der Waals surface area contributed by atoms with Crippen molar-refractivity contribution in [3.8, 4) is 11.3 Å². The van der Waals surface area contributed by atoms with Crippen LogP contribution in [0.4, 0.5) is 10.2 Å². The molecule has 4 rings (SSSR count). The summed E-state index contributed by atoms with van der Waals surface area (Å²) in [6.07, 6.45) is 0.351. The van der Waals surface area contributed by atoms with Gasteiger partial charge in [-0.05, 0) is 29.6 Å². The van der Waals surface area contributed by atoms with Crippen molar-refractivity contribution in [3.63, 3.8) is 0 Å². The molecule has 5 nitrogen and oxygen atoms in total. The Bertz CT molecular complexity index is 1080. The van der Waals surface area contributed by atoms with Crippen LogP contribution in [0.3, 0.4) is 0 Å². The summed E-state index contributed by atoms with van der Waals surface area (Å²) in [7, 11) is 0. The lowest BCUT2D eigenvalue weighted by molar-refractivity contribution is -0.140. The second kappa shape index (κ2) is 9.43. The third-order valence-electron chi connectivity index (χ3n) is 5.86. The second-order valence-electron chi connectivity index (χ2n) is 7.87. The normalized spacial score (nSPS) is 14.7. The van der Waals surface area contributed by atoms with E-state index in [2.05, 4.69) is 28.9 Å². The fraction of sp³-hybridized carbons (Fsp3) is 0.360. The minimum Gasteiger partial charge on any atom is -0.466 e. The molecule has 31 heavy (non-hydrogen) atoms. The number of carbonyl (C=O) groups is 1. The Balaban J connectivity index is 1.65. The Morgan fingerprint density at radius 2 is 1.87 bits per heavy atom. The lowest BCUT2D eigenvalue weighted by Crippen LogP contribution is -2.46. The number of nitrogens with zero attached hydrogens (tertiary/aromatic N) is 3. The number of aromatic nitrogens is 1. The number of likely N-dealkylation sites (N-methyl/N-ethyl adjacent to an activating group) is 1. The van der Waals surface area contributed by atoms with Crippen molar-refractivity contribution in [1.29, 1.82) is 0 Å². The van der Waals surface area contributed by atoms with Crippen molar-refractivity contribution >= 4 is 22.6 Å². The summed E-state index contributed by atoms with van der Waals surface area (Å²) in [5.41, 5.74) is 2.03. The maximum absolute atomic E-state index is 14.7. The molecular weight excluding hydrogens is 393 g/mol. The molecule has 0 atom stereocenters. The largest absolute Gasteiger partial charge is 0.466 e. The lowest BCUT2D eigenvalue weighted by Gasteiger charge is -2.35. The van der Waals surface area contributed by atoms with Gasteiger partial charge in [-0.3, -0.25) is 4.79 Å². The molecule has 3 aromatic rings. The van der Waals surface area contributed by atoms with E-state index in [4.69, 9.17) is 9.72 Å². The summed E-state index contributed by atoms with van der Waals surface area (Å²) in [6, 6.07) is 15.4. The van der Waals surface area contributed by atoms with Crippen molar-refractivity contribution in [2.75, 3.05) is 44.2 Å². The van der Waals surface area contributed by atoms with Crippen LogP contribution in [0.2, 0.25) is 0 Å². The standard InChI is InChI=1S/C25H28FN3O2/c1-3-28-11-13-29(14-12-28)25-22-7-5-4-6-20(22)17-24(27-25)21-9-8-19(23(26)16-21)10-15-31-18(2)30/h4-9,16-17H,3,10-15H2,1-2H3. The Labute approximate surface area is 182 Å². The van der Waals surface area contributed by atoms with Crippen LogP contribution in [0, 0.1) is 5.82 Å². The van der Waals surface area contributed by atoms with Gasteiger partial charge in [0.05, 0.1) is 12.3 Å². The number of fused-ring (bicyclic) bond motifs is 1. The molecule has 0 radical (unpaired) electrons. The van der Waals surface area contributed by atoms with Crippen molar-refractivity contribution in [2.45, 2.75) is 20.3 Å².